The molecule has 15 heteroatoms. The van der Waals surface area contributed by atoms with E-state index in [1.807, 2.05) is 0 Å². The summed E-state index contributed by atoms with van der Waals surface area (Å²) in [4.78, 5) is 53.1. The zero-order valence-corrected chi connectivity index (χ0v) is 44.1. The van der Waals surface area contributed by atoms with Crippen molar-refractivity contribution in [1.29, 1.82) is 0 Å². The smallest absolute Gasteiger partial charge is 0.322 e. The number of ether oxygens (including phenoxy) is 9. The number of carbonyl (C=O) groups excluding carboxylic acids is 4. The number of benzene rings is 3. The molecule has 0 heterocycles. The van der Waals surface area contributed by atoms with E-state index in [4.69, 9.17) is 42.6 Å². The van der Waals surface area contributed by atoms with Crippen LogP contribution in [0, 0.1) is 5.92 Å². The summed E-state index contributed by atoms with van der Waals surface area (Å²) < 4.78 is 49.3. The lowest BCUT2D eigenvalue weighted by Gasteiger charge is -2.15. The number of ketones is 2. The minimum absolute atomic E-state index is 0.0124. The van der Waals surface area contributed by atoms with E-state index in [1.54, 1.807) is 54.6 Å². The van der Waals surface area contributed by atoms with Gasteiger partial charge in [-0.3, -0.25) is 19.2 Å². The van der Waals surface area contributed by atoms with Gasteiger partial charge in [0, 0.05) is 0 Å². The highest BCUT2D eigenvalue weighted by atomic mass is 33.1. The van der Waals surface area contributed by atoms with Crippen LogP contribution in [0.3, 0.4) is 0 Å². The van der Waals surface area contributed by atoms with E-state index in [-0.39, 0.29) is 35.4 Å². The maximum atomic E-state index is 14.0. The summed E-state index contributed by atoms with van der Waals surface area (Å²) in [6, 6.07) is 11.6. The van der Waals surface area contributed by atoms with Gasteiger partial charge >= 0.3 is 11.9 Å². The Hall–Kier alpha value is -5.54. The van der Waals surface area contributed by atoms with E-state index in [2.05, 4.69) is 19.1 Å². The summed E-state index contributed by atoms with van der Waals surface area (Å²) in [6.07, 6.45) is 27.5. The Labute approximate surface area is 423 Å². The molecule has 0 bridgehead atoms. The Balaban J connectivity index is 1.54. The van der Waals surface area contributed by atoms with E-state index in [0.717, 1.165) is 25.7 Å². The minimum Gasteiger partial charge on any atom is -0.493 e. The summed E-state index contributed by atoms with van der Waals surface area (Å²) in [7, 11) is 12.8. The van der Waals surface area contributed by atoms with Crippen molar-refractivity contribution in [3.8, 4) is 46.0 Å². The average Bonchev–Trinajstić information content (AvgIpc) is 3.38. The topological polar surface area (TPSA) is 151 Å². The number of hydrogen-bond donors (Lipinski definition) is 0. The molecule has 13 nitrogen and oxygen atoms in total. The van der Waals surface area contributed by atoms with Gasteiger partial charge in [-0.25, -0.2) is 0 Å². The lowest BCUT2D eigenvalue weighted by molar-refractivity contribution is -0.140. The van der Waals surface area contributed by atoms with Crippen LogP contribution in [-0.2, 0) is 30.3 Å². The van der Waals surface area contributed by atoms with Crippen molar-refractivity contribution in [2.75, 3.05) is 67.9 Å². The summed E-state index contributed by atoms with van der Waals surface area (Å²) in [5.74, 6) is -0.118. The average molecular weight is 1010 g/mol. The van der Waals surface area contributed by atoms with Crippen LogP contribution in [0.15, 0.2) is 66.8 Å². The van der Waals surface area contributed by atoms with Gasteiger partial charge in [0.15, 0.2) is 46.1 Å². The van der Waals surface area contributed by atoms with Gasteiger partial charge in [-0.15, -0.1) is 0 Å². The lowest BCUT2D eigenvalue weighted by atomic mass is 9.90. The molecular weight excluding hydrogens is 933 g/mol. The number of rotatable bonds is 37. The van der Waals surface area contributed by atoms with Gasteiger partial charge in [-0.2, -0.15) is 0 Å². The van der Waals surface area contributed by atoms with Gasteiger partial charge in [0.05, 0.1) is 62.3 Å². The minimum atomic E-state index is -1.17. The van der Waals surface area contributed by atoms with Crippen molar-refractivity contribution < 1.29 is 61.8 Å². The van der Waals surface area contributed by atoms with Crippen molar-refractivity contribution in [1.82, 2.24) is 0 Å². The van der Waals surface area contributed by atoms with Crippen molar-refractivity contribution in [3.05, 3.63) is 83.5 Å². The fraction of sp³-hybridized carbons (Fsp3) is 0.491. The molecule has 0 radical (unpaired) electrons. The quantitative estimate of drug-likeness (QED) is 0.0102. The van der Waals surface area contributed by atoms with Crippen molar-refractivity contribution >= 4 is 57.2 Å². The van der Waals surface area contributed by atoms with Crippen LogP contribution >= 0.6 is 21.6 Å². The highest BCUT2D eigenvalue weighted by Crippen LogP contribution is 2.40. The standard InChI is InChI=1S/C55H74O13S2/c1-9-10-11-12-13-14-15-16-17-18-19-20-21-22-23-24-31-67-52(58)38-69-70-39-53(59)68-46-30-27-40(33-47(46)60-2)32-43(44(56)28-25-41-34-48(61-3)54(65-7)49(35-41)62-4)45(57)29-26-42-36-50(63-5)55(66-8)51(37-42)64-6/h16-17,25-30,33-37,43H,9-15,18-24,31-32,38-39H2,1-8H3/b17-16+,28-25+,29-26+. The Morgan fingerprint density at radius 1 is 0.500 bits per heavy atom. The van der Waals surface area contributed by atoms with Gasteiger partial charge in [-0.1, -0.05) is 117 Å². The molecule has 0 aliphatic rings. The highest BCUT2D eigenvalue weighted by molar-refractivity contribution is 8.77. The Morgan fingerprint density at radius 2 is 0.943 bits per heavy atom. The van der Waals surface area contributed by atoms with Crippen LogP contribution < -0.4 is 37.9 Å². The molecule has 70 heavy (non-hydrogen) atoms. The Morgan fingerprint density at radius 3 is 1.40 bits per heavy atom. The monoisotopic (exact) mass is 1010 g/mol. The first kappa shape index (κ1) is 58.8. The van der Waals surface area contributed by atoms with Crippen LogP contribution in [0.5, 0.6) is 46.0 Å². The Bertz CT molecular complexity index is 2030. The van der Waals surface area contributed by atoms with Gasteiger partial charge < -0.3 is 42.6 Å². The molecule has 0 atom stereocenters. The maximum absolute atomic E-state index is 14.0. The number of esters is 2. The van der Waals surface area contributed by atoms with Gasteiger partial charge in [0.1, 0.15) is 11.5 Å². The molecule has 384 valence electrons. The number of methoxy groups -OCH3 is 7. The highest BCUT2D eigenvalue weighted by Gasteiger charge is 2.25. The van der Waals surface area contributed by atoms with Crippen molar-refractivity contribution in [2.45, 2.75) is 103 Å². The molecule has 3 aromatic rings. The first-order chi connectivity index (χ1) is 34.0. The van der Waals surface area contributed by atoms with Gasteiger partial charge in [-0.05, 0) is 104 Å². The zero-order chi connectivity index (χ0) is 50.9. The third kappa shape index (κ3) is 21.2. The molecule has 0 amide bonds. The van der Waals surface area contributed by atoms with Crippen LogP contribution in [0.4, 0.5) is 0 Å². The second-order valence-electron chi connectivity index (χ2n) is 16.3. The maximum Gasteiger partial charge on any atom is 0.322 e. The van der Waals surface area contributed by atoms with Crippen molar-refractivity contribution in [2.24, 2.45) is 5.92 Å². The predicted molar refractivity (Wildman–Crippen MR) is 281 cm³/mol. The van der Waals surface area contributed by atoms with Gasteiger partial charge in [0.2, 0.25) is 11.5 Å². The van der Waals surface area contributed by atoms with Crippen LogP contribution in [0.25, 0.3) is 12.2 Å². The van der Waals surface area contributed by atoms with Crippen LogP contribution in [0.2, 0.25) is 0 Å². The second-order valence-corrected chi connectivity index (χ2v) is 18.8. The normalized spacial score (nSPS) is 11.3. The largest absolute Gasteiger partial charge is 0.493 e. The van der Waals surface area contributed by atoms with E-state index in [1.165, 1.54) is 148 Å². The number of allylic oxidation sites excluding steroid dienone is 4. The lowest BCUT2D eigenvalue weighted by Crippen LogP contribution is -2.23. The fourth-order valence-electron chi connectivity index (χ4n) is 7.39. The van der Waals surface area contributed by atoms with E-state index < -0.39 is 23.5 Å². The number of hydrogen-bond acceptors (Lipinski definition) is 15. The predicted octanol–water partition coefficient (Wildman–Crippen LogP) is 12.3. The molecule has 0 saturated heterocycles. The van der Waals surface area contributed by atoms with E-state index in [0.29, 0.717) is 57.8 Å². The van der Waals surface area contributed by atoms with E-state index in [9.17, 15) is 19.2 Å². The molecule has 0 saturated carbocycles. The third-order valence-electron chi connectivity index (χ3n) is 11.2. The first-order valence-electron chi connectivity index (χ1n) is 24.0. The molecule has 0 N–H and O–H groups in total. The SMILES string of the molecule is CCCCCCCC/C=C/CCCCCCCCOC(=O)CSSCC(=O)Oc1ccc(CC(C(=O)/C=C/c2cc(OC)c(OC)c(OC)c2)C(=O)/C=C/c2cc(OC)c(OC)c(OC)c2)cc1OC. The molecule has 0 aromatic heterocycles. The first-order valence-corrected chi connectivity index (χ1v) is 26.5. The molecule has 0 unspecified atom stereocenters. The molecule has 0 aliphatic heterocycles. The van der Waals surface area contributed by atoms with E-state index >= 15 is 0 Å². The molecule has 0 spiro atoms. The molecule has 0 fully saturated rings. The summed E-state index contributed by atoms with van der Waals surface area (Å²) >= 11 is 0. The molecule has 3 aromatic carbocycles. The summed E-state index contributed by atoms with van der Waals surface area (Å²) in [5.41, 5.74) is 1.72. The summed E-state index contributed by atoms with van der Waals surface area (Å²) in [6.45, 7) is 2.64. The molecule has 3 rings (SSSR count). The fourth-order valence-corrected chi connectivity index (χ4v) is 8.97. The number of carbonyl (C=O) groups is 4. The van der Waals surface area contributed by atoms with Crippen molar-refractivity contribution in [3.63, 3.8) is 0 Å². The molecule has 0 aliphatic carbocycles. The zero-order valence-electron chi connectivity index (χ0n) is 42.4. The van der Waals surface area contributed by atoms with Crippen LogP contribution in [-0.4, -0.2) is 91.4 Å². The third-order valence-corrected chi connectivity index (χ3v) is 13.3. The molecular formula is C55H74O13S2. The van der Waals surface area contributed by atoms with Crippen LogP contribution in [0.1, 0.15) is 114 Å². The Kier molecular flexibility index (Phi) is 29.1. The summed E-state index contributed by atoms with van der Waals surface area (Å²) in [5, 5.41) is 0. The second kappa shape index (κ2) is 34.7. The number of unbranched alkanes of at least 4 members (excludes halogenated alkanes) is 12. The van der Waals surface area contributed by atoms with Gasteiger partial charge in [0.25, 0.3) is 0 Å².